The van der Waals surface area contributed by atoms with Gasteiger partial charge in [0.05, 0.1) is 0 Å². The molecule has 150 valence electrons. The molecule has 2 aliphatic carbocycles. The van der Waals surface area contributed by atoms with Gasteiger partial charge in [-0.25, -0.2) is 0 Å². The highest BCUT2D eigenvalue weighted by molar-refractivity contribution is 5.85. The summed E-state index contributed by atoms with van der Waals surface area (Å²) in [5, 5.41) is 10.1. The second-order valence-electron chi connectivity index (χ2n) is 8.57. The average Bonchev–Trinajstić information content (AvgIpc) is 2.71. The monoisotopic (exact) mass is 399 g/mol. The number of hydrogen-bond donors (Lipinski definition) is 1. The molecule has 3 aliphatic rings. The van der Waals surface area contributed by atoms with E-state index in [0.29, 0.717) is 17.2 Å². The summed E-state index contributed by atoms with van der Waals surface area (Å²) in [7, 11) is 0. The molecule has 0 radical (unpaired) electrons. The van der Waals surface area contributed by atoms with Crippen LogP contribution in [0.25, 0.3) is 0 Å². The van der Waals surface area contributed by atoms with Crippen molar-refractivity contribution in [2.24, 2.45) is 5.92 Å². The molecule has 5 rings (SSSR count). The van der Waals surface area contributed by atoms with E-state index in [1.807, 2.05) is 36.4 Å². The minimum Gasteiger partial charge on any atom is -0.508 e. The fourth-order valence-electron chi connectivity index (χ4n) is 6.15. The second-order valence-corrected chi connectivity index (χ2v) is 8.57. The first-order valence-corrected chi connectivity index (χ1v) is 10.5. The van der Waals surface area contributed by atoms with Gasteiger partial charge in [0.1, 0.15) is 18.1 Å². The maximum absolute atomic E-state index is 10.1. The van der Waals surface area contributed by atoms with E-state index >= 15 is 0 Å². The number of para-hydroxylation sites is 1. The summed E-state index contributed by atoms with van der Waals surface area (Å²) in [5.41, 5.74) is 3.22. The van der Waals surface area contributed by atoms with Gasteiger partial charge in [0.2, 0.25) is 0 Å². The molecule has 1 aliphatic heterocycles. The van der Waals surface area contributed by atoms with Gasteiger partial charge in [-0.3, -0.25) is 4.90 Å². The predicted molar refractivity (Wildman–Crippen MR) is 115 cm³/mol. The van der Waals surface area contributed by atoms with Crippen molar-refractivity contribution in [1.82, 2.24) is 4.90 Å². The van der Waals surface area contributed by atoms with Crippen LogP contribution in [0.5, 0.6) is 11.5 Å². The summed E-state index contributed by atoms with van der Waals surface area (Å²) < 4.78 is 5.99. The number of benzene rings is 2. The van der Waals surface area contributed by atoms with Crippen LogP contribution in [0.2, 0.25) is 0 Å². The Kier molecular flexibility index (Phi) is 5.57. The lowest BCUT2D eigenvalue weighted by atomic mass is 9.52. The Bertz CT molecular complexity index is 812. The normalized spacial score (nSPS) is 28.6. The average molecular weight is 400 g/mol. The van der Waals surface area contributed by atoms with Crippen molar-refractivity contribution < 1.29 is 9.84 Å². The van der Waals surface area contributed by atoms with E-state index in [4.69, 9.17) is 4.74 Å². The van der Waals surface area contributed by atoms with Gasteiger partial charge in [-0.05, 0) is 73.5 Å². The van der Waals surface area contributed by atoms with Crippen molar-refractivity contribution in [3.05, 3.63) is 59.7 Å². The molecule has 0 aromatic heterocycles. The van der Waals surface area contributed by atoms with Crippen molar-refractivity contribution in [3.63, 3.8) is 0 Å². The maximum Gasteiger partial charge on any atom is 0.119 e. The van der Waals surface area contributed by atoms with Crippen LogP contribution < -0.4 is 4.74 Å². The molecule has 2 aromatic carbocycles. The standard InChI is InChI=1S/C24H29NO2.ClH/c26-19-10-9-18-16-23-21-8-4-5-11-24(21,22(18)17-19)12-13-25(23)14-15-27-20-6-2-1-3-7-20;/h1-3,6-7,9-10,17,21,23,26H,4-5,8,11-16H2;1H/t21-,23-,24-;/m0./s1. The summed E-state index contributed by atoms with van der Waals surface area (Å²) >= 11 is 0. The molecule has 2 bridgehead atoms. The first-order valence-electron chi connectivity index (χ1n) is 10.5. The third-order valence-electron chi connectivity index (χ3n) is 7.33. The van der Waals surface area contributed by atoms with E-state index < -0.39 is 0 Å². The third kappa shape index (κ3) is 3.29. The topological polar surface area (TPSA) is 32.7 Å². The van der Waals surface area contributed by atoms with Gasteiger partial charge in [-0.15, -0.1) is 12.4 Å². The van der Waals surface area contributed by atoms with Gasteiger partial charge in [-0.2, -0.15) is 0 Å². The first-order chi connectivity index (χ1) is 13.3. The molecule has 2 fully saturated rings. The van der Waals surface area contributed by atoms with Gasteiger partial charge in [-0.1, -0.05) is 37.1 Å². The fourth-order valence-corrected chi connectivity index (χ4v) is 6.15. The summed E-state index contributed by atoms with van der Waals surface area (Å²) in [5.74, 6) is 2.13. The van der Waals surface area contributed by atoms with E-state index in [0.717, 1.165) is 37.8 Å². The van der Waals surface area contributed by atoms with Crippen LogP contribution in [-0.2, 0) is 11.8 Å². The van der Waals surface area contributed by atoms with Gasteiger partial charge >= 0.3 is 0 Å². The minimum atomic E-state index is 0. The van der Waals surface area contributed by atoms with Gasteiger partial charge in [0.15, 0.2) is 0 Å². The van der Waals surface area contributed by atoms with Crippen molar-refractivity contribution >= 4 is 12.4 Å². The lowest BCUT2D eigenvalue weighted by Crippen LogP contribution is -2.61. The van der Waals surface area contributed by atoms with Crippen LogP contribution in [0.15, 0.2) is 48.5 Å². The number of nitrogens with zero attached hydrogens (tertiary/aromatic N) is 1. The molecular weight excluding hydrogens is 370 g/mol. The van der Waals surface area contributed by atoms with Gasteiger partial charge < -0.3 is 9.84 Å². The van der Waals surface area contributed by atoms with Crippen LogP contribution in [0.3, 0.4) is 0 Å². The van der Waals surface area contributed by atoms with Crippen molar-refractivity contribution in [3.8, 4) is 11.5 Å². The Morgan fingerprint density at radius 2 is 1.93 bits per heavy atom. The molecule has 2 aromatic rings. The van der Waals surface area contributed by atoms with Crippen LogP contribution in [0, 0.1) is 5.92 Å². The number of piperidine rings is 1. The molecule has 1 heterocycles. The number of fused-ring (bicyclic) bond motifs is 1. The number of hydrogen-bond acceptors (Lipinski definition) is 3. The number of rotatable bonds is 4. The molecular formula is C24H30ClNO2. The zero-order chi connectivity index (χ0) is 18.3. The molecule has 1 saturated carbocycles. The molecule has 3 atom stereocenters. The number of phenols is 1. The van der Waals surface area contributed by atoms with Crippen LogP contribution >= 0.6 is 12.4 Å². The van der Waals surface area contributed by atoms with E-state index in [1.165, 1.54) is 43.2 Å². The SMILES string of the molecule is Cl.Oc1ccc2c(c1)[C@]13CCCC[C@H]1[C@H](C2)N(CCOc1ccccc1)CC3. The van der Waals surface area contributed by atoms with Crippen LogP contribution in [-0.4, -0.2) is 35.7 Å². The number of likely N-dealkylation sites (tertiary alicyclic amines) is 1. The Balaban J connectivity index is 0.00000192. The van der Waals surface area contributed by atoms with Crippen LogP contribution in [0.1, 0.15) is 43.2 Å². The molecule has 3 nitrogen and oxygen atoms in total. The zero-order valence-corrected chi connectivity index (χ0v) is 17.2. The maximum atomic E-state index is 10.1. The second kappa shape index (κ2) is 7.96. The van der Waals surface area contributed by atoms with Crippen molar-refractivity contribution in [2.75, 3.05) is 19.7 Å². The molecule has 4 heteroatoms. The van der Waals surface area contributed by atoms with E-state index in [2.05, 4.69) is 17.0 Å². The number of halogens is 1. The smallest absolute Gasteiger partial charge is 0.119 e. The molecule has 0 amide bonds. The highest BCUT2D eigenvalue weighted by Gasteiger charge is 2.53. The van der Waals surface area contributed by atoms with Gasteiger partial charge in [0, 0.05) is 18.0 Å². The van der Waals surface area contributed by atoms with Gasteiger partial charge in [0.25, 0.3) is 0 Å². The first kappa shape index (κ1) is 19.6. The Labute approximate surface area is 174 Å². The van der Waals surface area contributed by atoms with Crippen molar-refractivity contribution in [2.45, 2.75) is 50.0 Å². The molecule has 1 saturated heterocycles. The van der Waals surface area contributed by atoms with E-state index in [9.17, 15) is 5.11 Å². The highest BCUT2D eigenvalue weighted by atomic mass is 35.5. The largest absolute Gasteiger partial charge is 0.508 e. The lowest BCUT2D eigenvalue weighted by Gasteiger charge is -2.59. The Morgan fingerprint density at radius 1 is 1.07 bits per heavy atom. The molecule has 28 heavy (non-hydrogen) atoms. The highest BCUT2D eigenvalue weighted by Crippen LogP contribution is 2.56. The van der Waals surface area contributed by atoms with E-state index in [1.54, 1.807) is 0 Å². The minimum absolute atomic E-state index is 0. The summed E-state index contributed by atoms with van der Waals surface area (Å²) in [6.45, 7) is 2.90. The van der Waals surface area contributed by atoms with E-state index in [-0.39, 0.29) is 12.4 Å². The number of ether oxygens (including phenoxy) is 1. The fraction of sp³-hybridized carbons (Fsp3) is 0.500. The summed E-state index contributed by atoms with van der Waals surface area (Å²) in [6.07, 6.45) is 7.64. The number of phenolic OH excluding ortho intramolecular Hbond substituents is 1. The molecule has 1 N–H and O–H groups in total. The zero-order valence-electron chi connectivity index (χ0n) is 16.3. The quantitative estimate of drug-likeness (QED) is 0.789. The Hall–Kier alpha value is -1.71. The Morgan fingerprint density at radius 3 is 2.79 bits per heavy atom. The summed E-state index contributed by atoms with van der Waals surface area (Å²) in [4.78, 5) is 2.69. The summed E-state index contributed by atoms with van der Waals surface area (Å²) in [6, 6.07) is 16.9. The lowest BCUT2D eigenvalue weighted by molar-refractivity contribution is -0.0162. The van der Waals surface area contributed by atoms with Crippen LogP contribution in [0.4, 0.5) is 0 Å². The third-order valence-corrected chi connectivity index (χ3v) is 7.33. The van der Waals surface area contributed by atoms with Crippen molar-refractivity contribution in [1.29, 1.82) is 0 Å². The molecule has 0 spiro atoms. The molecule has 0 unspecified atom stereocenters. The number of aromatic hydroxyl groups is 1. The predicted octanol–water partition coefficient (Wildman–Crippen LogP) is 4.95.